The summed E-state index contributed by atoms with van der Waals surface area (Å²) in [6.07, 6.45) is 4.55. The Morgan fingerprint density at radius 1 is 1.13 bits per heavy atom. The lowest BCUT2D eigenvalue weighted by Crippen LogP contribution is -2.31. The van der Waals surface area contributed by atoms with Crippen molar-refractivity contribution in [3.8, 4) is 0 Å². The second-order valence-electron chi connectivity index (χ2n) is 4.96. The van der Waals surface area contributed by atoms with Gasteiger partial charge in [0.1, 0.15) is 0 Å². The number of hydrogen-bond donors (Lipinski definition) is 1. The molecular formula is C14H23N. The van der Waals surface area contributed by atoms with Crippen molar-refractivity contribution in [2.45, 2.75) is 52.0 Å². The lowest BCUT2D eigenvalue weighted by molar-refractivity contribution is 0.459. The van der Waals surface area contributed by atoms with Crippen LogP contribution in [0.1, 0.15) is 44.7 Å². The highest BCUT2D eigenvalue weighted by Crippen LogP contribution is 2.15. The van der Waals surface area contributed by atoms with E-state index < -0.39 is 0 Å². The van der Waals surface area contributed by atoms with Crippen molar-refractivity contribution in [2.75, 3.05) is 0 Å². The molecule has 1 rings (SSSR count). The second-order valence-corrected chi connectivity index (χ2v) is 4.96. The average molecular weight is 205 g/mol. The van der Waals surface area contributed by atoms with E-state index in [0.29, 0.717) is 0 Å². The first-order valence-corrected chi connectivity index (χ1v) is 5.88. The van der Waals surface area contributed by atoms with Gasteiger partial charge in [0, 0.05) is 5.54 Å². The fourth-order valence-corrected chi connectivity index (χ4v) is 1.88. The van der Waals surface area contributed by atoms with Gasteiger partial charge in [-0.1, -0.05) is 31.2 Å². The molecule has 0 bridgehead atoms. The van der Waals surface area contributed by atoms with E-state index in [4.69, 9.17) is 5.73 Å². The van der Waals surface area contributed by atoms with Gasteiger partial charge in [-0.3, -0.25) is 0 Å². The molecule has 0 amide bonds. The lowest BCUT2D eigenvalue weighted by Gasteiger charge is -2.18. The summed E-state index contributed by atoms with van der Waals surface area (Å²) < 4.78 is 0. The quantitative estimate of drug-likeness (QED) is 0.784. The Kier molecular flexibility index (Phi) is 4.34. The van der Waals surface area contributed by atoms with Crippen molar-refractivity contribution in [1.82, 2.24) is 0 Å². The maximum Gasteiger partial charge on any atom is 0.00971 e. The maximum atomic E-state index is 5.97. The van der Waals surface area contributed by atoms with E-state index in [0.717, 1.165) is 19.3 Å². The third-order valence-electron chi connectivity index (χ3n) is 2.77. The Labute approximate surface area is 93.7 Å². The first-order valence-electron chi connectivity index (χ1n) is 5.88. The van der Waals surface area contributed by atoms with Crippen LogP contribution in [0.25, 0.3) is 0 Å². The van der Waals surface area contributed by atoms with Crippen LogP contribution in [0.5, 0.6) is 0 Å². The molecule has 0 aliphatic heterocycles. The molecule has 0 saturated heterocycles. The summed E-state index contributed by atoms with van der Waals surface area (Å²) in [5.41, 5.74) is 8.91. The highest BCUT2D eigenvalue weighted by Gasteiger charge is 2.10. The summed E-state index contributed by atoms with van der Waals surface area (Å²) in [5, 5.41) is 0. The predicted octanol–water partition coefficient (Wildman–Crippen LogP) is 3.31. The molecule has 0 aromatic heterocycles. The van der Waals surface area contributed by atoms with E-state index >= 15 is 0 Å². The molecule has 0 unspecified atom stereocenters. The molecule has 1 aromatic carbocycles. The van der Waals surface area contributed by atoms with Gasteiger partial charge >= 0.3 is 0 Å². The molecule has 1 nitrogen and oxygen atoms in total. The van der Waals surface area contributed by atoms with Crippen LogP contribution in [-0.2, 0) is 12.8 Å². The molecule has 0 heterocycles. The number of rotatable bonds is 5. The Morgan fingerprint density at radius 3 is 2.27 bits per heavy atom. The van der Waals surface area contributed by atoms with Gasteiger partial charge in [0.15, 0.2) is 0 Å². The molecule has 0 aliphatic rings. The number of nitrogens with two attached hydrogens (primary N) is 1. The highest BCUT2D eigenvalue weighted by atomic mass is 14.7. The molecule has 1 heteroatoms. The van der Waals surface area contributed by atoms with Gasteiger partial charge in [-0.15, -0.1) is 0 Å². The van der Waals surface area contributed by atoms with Gasteiger partial charge in [0.05, 0.1) is 0 Å². The van der Waals surface area contributed by atoms with Crippen LogP contribution in [0.15, 0.2) is 24.3 Å². The van der Waals surface area contributed by atoms with E-state index in [2.05, 4.69) is 45.0 Å². The first kappa shape index (κ1) is 12.3. The van der Waals surface area contributed by atoms with Crippen molar-refractivity contribution < 1.29 is 0 Å². The zero-order chi connectivity index (χ0) is 11.3. The highest BCUT2D eigenvalue weighted by molar-refractivity contribution is 5.27. The zero-order valence-electron chi connectivity index (χ0n) is 10.2. The minimum Gasteiger partial charge on any atom is -0.326 e. The molecule has 1 aromatic rings. The minimum absolute atomic E-state index is 0.0266. The van der Waals surface area contributed by atoms with Gasteiger partial charge < -0.3 is 5.73 Å². The minimum atomic E-state index is -0.0266. The van der Waals surface area contributed by atoms with E-state index in [1.165, 1.54) is 17.5 Å². The number of benzene rings is 1. The summed E-state index contributed by atoms with van der Waals surface area (Å²) in [6.45, 7) is 6.41. The predicted molar refractivity (Wildman–Crippen MR) is 67.0 cm³/mol. The van der Waals surface area contributed by atoms with Gasteiger partial charge in [-0.05, 0) is 50.7 Å². The fourth-order valence-electron chi connectivity index (χ4n) is 1.88. The third kappa shape index (κ3) is 4.48. The molecule has 0 saturated carbocycles. The molecule has 84 valence electrons. The molecule has 0 atom stereocenters. The third-order valence-corrected chi connectivity index (χ3v) is 2.77. The Hall–Kier alpha value is -0.820. The number of hydrogen-bond acceptors (Lipinski definition) is 1. The molecule has 0 radical (unpaired) electrons. The van der Waals surface area contributed by atoms with Crippen LogP contribution in [-0.4, -0.2) is 5.54 Å². The van der Waals surface area contributed by atoms with E-state index in [-0.39, 0.29) is 5.54 Å². The molecule has 15 heavy (non-hydrogen) atoms. The van der Waals surface area contributed by atoms with Crippen LogP contribution in [0.2, 0.25) is 0 Å². The van der Waals surface area contributed by atoms with Crippen molar-refractivity contribution in [2.24, 2.45) is 5.73 Å². The van der Waals surface area contributed by atoms with Gasteiger partial charge in [-0.2, -0.15) is 0 Å². The van der Waals surface area contributed by atoms with Crippen molar-refractivity contribution in [1.29, 1.82) is 0 Å². The summed E-state index contributed by atoms with van der Waals surface area (Å²) in [6, 6.07) is 8.71. The van der Waals surface area contributed by atoms with Crippen molar-refractivity contribution in [3.05, 3.63) is 35.4 Å². The molecule has 0 fully saturated rings. The van der Waals surface area contributed by atoms with E-state index in [1.54, 1.807) is 0 Å². The fraction of sp³-hybridized carbons (Fsp3) is 0.571. The first-order chi connectivity index (χ1) is 7.03. The van der Waals surface area contributed by atoms with Crippen LogP contribution in [0.3, 0.4) is 0 Å². The van der Waals surface area contributed by atoms with E-state index in [1.807, 2.05) is 0 Å². The molecule has 0 spiro atoms. The molecular weight excluding hydrogens is 182 g/mol. The number of aryl methyl sites for hydroxylation is 2. The second kappa shape index (κ2) is 5.32. The van der Waals surface area contributed by atoms with Gasteiger partial charge in [-0.25, -0.2) is 0 Å². The average Bonchev–Trinajstić information content (AvgIpc) is 2.16. The van der Waals surface area contributed by atoms with Crippen LogP contribution in [0.4, 0.5) is 0 Å². The van der Waals surface area contributed by atoms with Crippen molar-refractivity contribution in [3.63, 3.8) is 0 Å². The Bertz CT molecular complexity index is 296. The standard InChI is InChI=1S/C14H23N/c1-4-12-8-5-6-9-13(12)10-7-11-14(2,3)15/h5-6,8-9H,4,7,10-11,15H2,1-3H3. The van der Waals surface area contributed by atoms with E-state index in [9.17, 15) is 0 Å². The monoisotopic (exact) mass is 205 g/mol. The molecule has 2 N–H and O–H groups in total. The van der Waals surface area contributed by atoms with Crippen LogP contribution in [0, 0.1) is 0 Å². The topological polar surface area (TPSA) is 26.0 Å². The largest absolute Gasteiger partial charge is 0.326 e. The van der Waals surface area contributed by atoms with Crippen LogP contribution >= 0.6 is 0 Å². The summed E-state index contributed by atoms with van der Waals surface area (Å²) in [4.78, 5) is 0. The maximum absolute atomic E-state index is 5.97. The SMILES string of the molecule is CCc1ccccc1CCCC(C)(C)N. The zero-order valence-corrected chi connectivity index (χ0v) is 10.2. The van der Waals surface area contributed by atoms with Gasteiger partial charge in [0.2, 0.25) is 0 Å². The summed E-state index contributed by atoms with van der Waals surface area (Å²) in [5.74, 6) is 0. The smallest absolute Gasteiger partial charge is 0.00971 e. The van der Waals surface area contributed by atoms with Crippen molar-refractivity contribution >= 4 is 0 Å². The van der Waals surface area contributed by atoms with Crippen LogP contribution < -0.4 is 5.73 Å². The molecule has 0 aliphatic carbocycles. The summed E-state index contributed by atoms with van der Waals surface area (Å²) >= 11 is 0. The summed E-state index contributed by atoms with van der Waals surface area (Å²) in [7, 11) is 0. The Balaban J connectivity index is 2.50. The van der Waals surface area contributed by atoms with Gasteiger partial charge in [0.25, 0.3) is 0 Å². The lowest BCUT2D eigenvalue weighted by atomic mass is 9.94. The normalized spacial score (nSPS) is 11.7. The Morgan fingerprint density at radius 2 is 1.73 bits per heavy atom.